The van der Waals surface area contributed by atoms with Crippen molar-refractivity contribution in [1.29, 1.82) is 0 Å². The summed E-state index contributed by atoms with van der Waals surface area (Å²) in [6.07, 6.45) is 0. The Kier molecular flexibility index (Phi) is 6.00. The summed E-state index contributed by atoms with van der Waals surface area (Å²) in [5.74, 6) is 1.10. The van der Waals surface area contributed by atoms with Gasteiger partial charge in [0.15, 0.2) is 0 Å². The van der Waals surface area contributed by atoms with E-state index in [1.54, 1.807) is 36.1 Å². The van der Waals surface area contributed by atoms with Crippen molar-refractivity contribution in [1.82, 2.24) is 19.0 Å². The fourth-order valence-corrected chi connectivity index (χ4v) is 4.89. The van der Waals surface area contributed by atoms with Crippen LogP contribution < -0.4 is 4.74 Å². The van der Waals surface area contributed by atoms with E-state index in [0.717, 1.165) is 5.56 Å². The Morgan fingerprint density at radius 2 is 1.70 bits per heavy atom. The van der Waals surface area contributed by atoms with Gasteiger partial charge in [-0.3, -0.25) is 4.90 Å². The monoisotopic (exact) mass is 446 g/mol. The molecule has 158 valence electrons. The Hall–Kier alpha value is -2.53. The Bertz CT molecular complexity index is 1150. The highest BCUT2D eigenvalue weighted by Gasteiger charge is 2.28. The number of ether oxygens (including phenoxy) is 1. The summed E-state index contributed by atoms with van der Waals surface area (Å²) in [5, 5.41) is 4.47. The van der Waals surface area contributed by atoms with Gasteiger partial charge in [0.25, 0.3) is 4.84 Å². The molecule has 8 nitrogen and oxygen atoms in total. The van der Waals surface area contributed by atoms with Gasteiger partial charge in [0, 0.05) is 31.7 Å². The smallest absolute Gasteiger partial charge is 0.288 e. The van der Waals surface area contributed by atoms with Crippen LogP contribution in [0, 0.1) is 4.84 Å². The van der Waals surface area contributed by atoms with Crippen molar-refractivity contribution in [3.05, 3.63) is 59.4 Å². The molecule has 3 aromatic rings. The van der Waals surface area contributed by atoms with Crippen LogP contribution in [0.5, 0.6) is 5.75 Å². The first-order chi connectivity index (χ1) is 14.5. The molecule has 0 atom stereocenters. The first-order valence-electron chi connectivity index (χ1n) is 9.47. The minimum atomic E-state index is -3.53. The summed E-state index contributed by atoms with van der Waals surface area (Å²) in [5.41, 5.74) is 0.859. The number of piperazine rings is 1. The highest BCUT2D eigenvalue weighted by atomic mass is 32.2. The van der Waals surface area contributed by atoms with Crippen LogP contribution in [0.15, 0.2) is 63.9 Å². The molecule has 1 fully saturated rings. The molecule has 4 rings (SSSR count). The number of hydrogen-bond acceptors (Lipinski definition) is 7. The van der Waals surface area contributed by atoms with Gasteiger partial charge in [0.2, 0.25) is 15.9 Å². The van der Waals surface area contributed by atoms with Gasteiger partial charge >= 0.3 is 0 Å². The SMILES string of the molecule is COc1ccc(S(=O)(=O)N2CCN(Cn3nc(-c4ccccc4)oc3=S)CC2)cc1. The second-order valence-corrected chi connectivity index (χ2v) is 9.16. The molecule has 0 N–H and O–H groups in total. The van der Waals surface area contributed by atoms with Gasteiger partial charge < -0.3 is 9.15 Å². The van der Waals surface area contributed by atoms with Crippen molar-refractivity contribution in [2.75, 3.05) is 33.3 Å². The fraction of sp³-hybridized carbons (Fsp3) is 0.300. The Morgan fingerprint density at radius 3 is 2.33 bits per heavy atom. The Morgan fingerprint density at radius 1 is 1.03 bits per heavy atom. The lowest BCUT2D eigenvalue weighted by Gasteiger charge is -2.33. The van der Waals surface area contributed by atoms with Crippen molar-refractivity contribution in [3.63, 3.8) is 0 Å². The molecule has 0 saturated carbocycles. The molecule has 0 radical (unpaired) electrons. The van der Waals surface area contributed by atoms with Crippen LogP contribution in [0.4, 0.5) is 0 Å². The van der Waals surface area contributed by atoms with Crippen molar-refractivity contribution >= 4 is 22.2 Å². The molecule has 0 unspecified atom stereocenters. The van der Waals surface area contributed by atoms with E-state index in [2.05, 4.69) is 10.00 Å². The molecule has 10 heteroatoms. The third-order valence-corrected chi connectivity index (χ3v) is 7.20. The first-order valence-corrected chi connectivity index (χ1v) is 11.3. The van der Waals surface area contributed by atoms with Gasteiger partial charge in [-0.15, -0.1) is 5.10 Å². The molecule has 2 aromatic carbocycles. The number of hydrogen-bond donors (Lipinski definition) is 0. The molecular formula is C20H22N4O4S2. The highest BCUT2D eigenvalue weighted by Crippen LogP contribution is 2.21. The van der Waals surface area contributed by atoms with E-state index < -0.39 is 10.0 Å². The van der Waals surface area contributed by atoms with Crippen LogP contribution in [0.3, 0.4) is 0 Å². The van der Waals surface area contributed by atoms with Crippen molar-refractivity contribution in [2.24, 2.45) is 0 Å². The number of nitrogens with zero attached hydrogens (tertiary/aromatic N) is 4. The molecule has 1 aromatic heterocycles. The number of methoxy groups -OCH3 is 1. The van der Waals surface area contributed by atoms with E-state index in [0.29, 0.717) is 49.3 Å². The van der Waals surface area contributed by atoms with Crippen LogP contribution in [0.1, 0.15) is 0 Å². The molecule has 2 heterocycles. The third kappa shape index (κ3) is 4.31. The molecule has 1 saturated heterocycles. The maximum atomic E-state index is 12.9. The van der Waals surface area contributed by atoms with Gasteiger partial charge in [-0.2, -0.15) is 4.31 Å². The van der Waals surface area contributed by atoms with Gasteiger partial charge in [0.1, 0.15) is 5.75 Å². The number of sulfonamides is 1. The maximum absolute atomic E-state index is 12.9. The van der Waals surface area contributed by atoms with E-state index >= 15 is 0 Å². The quantitative estimate of drug-likeness (QED) is 0.539. The third-order valence-electron chi connectivity index (χ3n) is 4.99. The minimum Gasteiger partial charge on any atom is -0.497 e. The Labute approximate surface area is 180 Å². The van der Waals surface area contributed by atoms with Gasteiger partial charge in [0.05, 0.1) is 18.7 Å². The average molecular weight is 447 g/mol. The summed E-state index contributed by atoms with van der Waals surface area (Å²) in [7, 11) is -1.99. The highest BCUT2D eigenvalue weighted by molar-refractivity contribution is 7.89. The summed E-state index contributed by atoms with van der Waals surface area (Å²) in [6.45, 7) is 2.39. The molecule has 30 heavy (non-hydrogen) atoms. The van der Waals surface area contributed by atoms with E-state index in [1.807, 2.05) is 30.3 Å². The molecule has 0 spiro atoms. The first kappa shape index (κ1) is 20.7. The van der Waals surface area contributed by atoms with Crippen LogP contribution >= 0.6 is 12.2 Å². The summed E-state index contributed by atoms with van der Waals surface area (Å²) in [4.78, 5) is 2.66. The lowest BCUT2D eigenvalue weighted by molar-refractivity contribution is 0.143. The molecular weight excluding hydrogens is 424 g/mol. The lowest BCUT2D eigenvalue weighted by atomic mass is 10.2. The molecule has 0 bridgehead atoms. The van der Waals surface area contributed by atoms with Crippen LogP contribution in [0.25, 0.3) is 11.5 Å². The topological polar surface area (TPSA) is 80.8 Å². The molecule has 0 amide bonds. The van der Waals surface area contributed by atoms with Gasteiger partial charge in [-0.1, -0.05) is 18.2 Å². The number of benzene rings is 2. The van der Waals surface area contributed by atoms with E-state index in [1.165, 1.54) is 4.31 Å². The van der Waals surface area contributed by atoms with Crippen LogP contribution in [0.2, 0.25) is 0 Å². The average Bonchev–Trinajstić information content (AvgIpc) is 3.15. The molecule has 1 aliphatic rings. The van der Waals surface area contributed by atoms with Crippen molar-refractivity contribution < 1.29 is 17.6 Å². The zero-order valence-corrected chi connectivity index (χ0v) is 18.1. The molecule has 1 aliphatic heterocycles. The zero-order valence-electron chi connectivity index (χ0n) is 16.5. The summed E-state index contributed by atoms with van der Waals surface area (Å²) in [6, 6.07) is 16.0. The van der Waals surface area contributed by atoms with E-state index in [9.17, 15) is 8.42 Å². The van der Waals surface area contributed by atoms with Crippen molar-refractivity contribution in [3.8, 4) is 17.2 Å². The predicted octanol–water partition coefficient (Wildman–Crippen LogP) is 2.85. The largest absolute Gasteiger partial charge is 0.497 e. The van der Waals surface area contributed by atoms with Crippen molar-refractivity contribution in [2.45, 2.75) is 11.6 Å². The Balaban J connectivity index is 1.40. The molecule has 0 aliphatic carbocycles. The summed E-state index contributed by atoms with van der Waals surface area (Å²) < 4.78 is 39.6. The van der Waals surface area contributed by atoms with Crippen LogP contribution in [-0.4, -0.2) is 60.7 Å². The van der Waals surface area contributed by atoms with Gasteiger partial charge in [-0.25, -0.2) is 13.1 Å². The maximum Gasteiger partial charge on any atom is 0.288 e. The fourth-order valence-electron chi connectivity index (χ4n) is 3.29. The summed E-state index contributed by atoms with van der Waals surface area (Å²) >= 11 is 5.30. The number of aromatic nitrogens is 2. The number of rotatable bonds is 6. The zero-order chi connectivity index (χ0) is 21.1. The van der Waals surface area contributed by atoms with E-state index in [4.69, 9.17) is 21.4 Å². The second kappa shape index (κ2) is 8.68. The van der Waals surface area contributed by atoms with Gasteiger partial charge in [-0.05, 0) is 48.6 Å². The normalized spacial score (nSPS) is 15.9. The lowest BCUT2D eigenvalue weighted by Crippen LogP contribution is -2.48. The second-order valence-electron chi connectivity index (χ2n) is 6.88. The minimum absolute atomic E-state index is 0.267. The van der Waals surface area contributed by atoms with Crippen LogP contribution in [-0.2, 0) is 16.7 Å². The standard InChI is InChI=1S/C20H22N4O4S2/c1-27-17-7-9-18(10-8-17)30(25,26)23-13-11-22(12-14-23)15-24-20(29)28-19(21-24)16-5-3-2-4-6-16/h2-10H,11-15H2,1H3. The van der Waals surface area contributed by atoms with E-state index in [-0.39, 0.29) is 4.90 Å². The predicted molar refractivity (Wildman–Crippen MR) is 114 cm³/mol.